The minimum Gasteiger partial charge on any atom is -0.486 e. The van der Waals surface area contributed by atoms with Gasteiger partial charge in [0.1, 0.15) is 13.2 Å². The van der Waals surface area contributed by atoms with Crippen molar-refractivity contribution in [3.8, 4) is 11.5 Å². The molecule has 3 rings (SSSR count). The first-order chi connectivity index (χ1) is 9.74. The zero-order valence-electron chi connectivity index (χ0n) is 11.3. The van der Waals surface area contributed by atoms with E-state index < -0.39 is 0 Å². The van der Waals surface area contributed by atoms with E-state index in [1.54, 1.807) is 12.1 Å². The van der Waals surface area contributed by atoms with Crippen LogP contribution in [0.25, 0.3) is 0 Å². The van der Waals surface area contributed by atoms with Crippen molar-refractivity contribution < 1.29 is 19.4 Å². The maximum absolute atomic E-state index is 12.4. The predicted octanol–water partition coefficient (Wildman–Crippen LogP) is 1.49. The van der Waals surface area contributed by atoms with Gasteiger partial charge in [-0.3, -0.25) is 4.79 Å². The van der Waals surface area contributed by atoms with Gasteiger partial charge in [0.05, 0.1) is 11.7 Å². The van der Waals surface area contributed by atoms with Crippen LogP contribution in [0.2, 0.25) is 0 Å². The first-order valence-electron chi connectivity index (χ1n) is 7.11. The van der Waals surface area contributed by atoms with Crippen LogP contribution in [0.4, 0.5) is 0 Å². The largest absolute Gasteiger partial charge is 0.486 e. The van der Waals surface area contributed by atoms with E-state index in [0.717, 1.165) is 25.7 Å². The molecule has 108 valence electrons. The minimum absolute atomic E-state index is 0.131. The Morgan fingerprint density at radius 1 is 1.15 bits per heavy atom. The summed E-state index contributed by atoms with van der Waals surface area (Å²) in [6.45, 7) is 0.978. The molecule has 1 saturated carbocycles. The van der Waals surface area contributed by atoms with Gasteiger partial charge in [0, 0.05) is 6.04 Å². The van der Waals surface area contributed by atoms with Crippen molar-refractivity contribution >= 4 is 5.91 Å². The minimum atomic E-state index is -0.218. The predicted molar refractivity (Wildman–Crippen MR) is 73.2 cm³/mol. The highest BCUT2D eigenvalue weighted by molar-refractivity contribution is 5.98. The number of benzene rings is 1. The summed E-state index contributed by atoms with van der Waals surface area (Å²) in [4.78, 5) is 12.4. The number of aliphatic hydroxyl groups excluding tert-OH is 1. The summed E-state index contributed by atoms with van der Waals surface area (Å²) >= 11 is 0. The van der Waals surface area contributed by atoms with Crippen LogP contribution in [0.1, 0.15) is 36.0 Å². The number of hydrogen-bond acceptors (Lipinski definition) is 4. The van der Waals surface area contributed by atoms with Gasteiger partial charge in [-0.15, -0.1) is 0 Å². The Morgan fingerprint density at radius 3 is 2.70 bits per heavy atom. The number of nitrogens with one attached hydrogen (secondary N) is 1. The number of carbonyl (C=O) groups is 1. The summed E-state index contributed by atoms with van der Waals surface area (Å²) in [6, 6.07) is 5.49. The third-order valence-corrected chi connectivity index (χ3v) is 3.84. The van der Waals surface area contributed by atoms with Crippen LogP contribution in [0.15, 0.2) is 18.2 Å². The maximum atomic E-state index is 12.4. The molecule has 0 atom stereocenters. The van der Waals surface area contributed by atoms with Crippen molar-refractivity contribution in [3.05, 3.63) is 23.8 Å². The molecule has 2 N–H and O–H groups in total. The van der Waals surface area contributed by atoms with E-state index in [4.69, 9.17) is 9.47 Å². The molecule has 0 unspecified atom stereocenters. The van der Waals surface area contributed by atoms with Gasteiger partial charge in [0.25, 0.3) is 5.91 Å². The van der Waals surface area contributed by atoms with E-state index in [2.05, 4.69) is 5.32 Å². The molecule has 0 bridgehead atoms. The lowest BCUT2D eigenvalue weighted by Gasteiger charge is -2.27. The van der Waals surface area contributed by atoms with Gasteiger partial charge in [-0.2, -0.15) is 0 Å². The summed E-state index contributed by atoms with van der Waals surface area (Å²) in [5.74, 6) is 1.03. The van der Waals surface area contributed by atoms with Crippen molar-refractivity contribution in [2.45, 2.75) is 37.8 Å². The Bertz CT molecular complexity index is 495. The summed E-state index contributed by atoms with van der Waals surface area (Å²) < 4.78 is 11.0. The van der Waals surface area contributed by atoms with Crippen molar-refractivity contribution in [1.29, 1.82) is 0 Å². The van der Waals surface area contributed by atoms with Crippen LogP contribution >= 0.6 is 0 Å². The fourth-order valence-electron chi connectivity index (χ4n) is 2.74. The van der Waals surface area contributed by atoms with Gasteiger partial charge in [-0.05, 0) is 37.8 Å². The van der Waals surface area contributed by atoms with Crippen LogP contribution in [0.5, 0.6) is 11.5 Å². The second kappa shape index (κ2) is 5.71. The van der Waals surface area contributed by atoms with Crippen molar-refractivity contribution in [1.82, 2.24) is 5.32 Å². The Hall–Kier alpha value is -1.75. The second-order valence-corrected chi connectivity index (χ2v) is 5.31. The standard InChI is InChI=1S/C15H19NO4/c17-11-6-4-10(5-7-11)16-15(18)12-2-1-3-13-14(12)20-9-8-19-13/h1-3,10-11,17H,4-9H2,(H,16,18). The summed E-state index contributed by atoms with van der Waals surface area (Å²) in [7, 11) is 0. The third kappa shape index (κ3) is 2.72. The van der Waals surface area contributed by atoms with Gasteiger partial charge in [-0.1, -0.05) is 6.07 Å². The van der Waals surface area contributed by atoms with E-state index in [1.807, 2.05) is 6.07 Å². The number of amides is 1. The monoisotopic (exact) mass is 277 g/mol. The van der Waals surface area contributed by atoms with E-state index in [9.17, 15) is 9.90 Å². The quantitative estimate of drug-likeness (QED) is 0.859. The van der Waals surface area contributed by atoms with E-state index in [-0.39, 0.29) is 18.1 Å². The molecule has 1 aromatic carbocycles. The molecule has 1 aliphatic heterocycles. The summed E-state index contributed by atoms with van der Waals surface area (Å²) in [6.07, 6.45) is 2.91. The molecular weight excluding hydrogens is 258 g/mol. The molecule has 1 amide bonds. The molecule has 0 saturated heterocycles. The third-order valence-electron chi connectivity index (χ3n) is 3.84. The zero-order valence-corrected chi connectivity index (χ0v) is 11.3. The van der Waals surface area contributed by atoms with Crippen molar-refractivity contribution in [2.24, 2.45) is 0 Å². The zero-order chi connectivity index (χ0) is 13.9. The molecule has 5 nitrogen and oxygen atoms in total. The molecule has 5 heteroatoms. The Kier molecular flexibility index (Phi) is 3.78. The summed E-state index contributed by atoms with van der Waals surface area (Å²) in [5, 5.41) is 12.5. The van der Waals surface area contributed by atoms with Gasteiger partial charge < -0.3 is 19.9 Å². The first-order valence-corrected chi connectivity index (χ1v) is 7.11. The average molecular weight is 277 g/mol. The number of para-hydroxylation sites is 1. The molecular formula is C15H19NO4. The van der Waals surface area contributed by atoms with Crippen LogP contribution in [-0.2, 0) is 0 Å². The highest BCUT2D eigenvalue weighted by Gasteiger charge is 2.24. The Morgan fingerprint density at radius 2 is 1.90 bits per heavy atom. The second-order valence-electron chi connectivity index (χ2n) is 5.31. The fourth-order valence-corrected chi connectivity index (χ4v) is 2.74. The molecule has 20 heavy (non-hydrogen) atoms. The number of aliphatic hydroxyl groups is 1. The topological polar surface area (TPSA) is 67.8 Å². The molecule has 1 fully saturated rings. The van der Waals surface area contributed by atoms with Gasteiger partial charge in [0.2, 0.25) is 0 Å². The first kappa shape index (κ1) is 13.2. The molecule has 1 heterocycles. The molecule has 0 radical (unpaired) electrons. The lowest BCUT2D eigenvalue weighted by molar-refractivity contribution is 0.0858. The molecule has 0 spiro atoms. The summed E-state index contributed by atoms with van der Waals surface area (Å²) in [5.41, 5.74) is 0.522. The highest BCUT2D eigenvalue weighted by atomic mass is 16.6. The van der Waals surface area contributed by atoms with Crippen LogP contribution in [0, 0.1) is 0 Å². The lowest BCUT2D eigenvalue weighted by Crippen LogP contribution is -2.38. The van der Waals surface area contributed by atoms with Gasteiger partial charge in [0.15, 0.2) is 11.5 Å². The molecule has 0 aromatic heterocycles. The normalized spacial score (nSPS) is 25.1. The number of fused-ring (bicyclic) bond motifs is 1. The van der Waals surface area contributed by atoms with Crippen LogP contribution in [0.3, 0.4) is 0 Å². The maximum Gasteiger partial charge on any atom is 0.255 e. The van der Waals surface area contributed by atoms with E-state index in [1.165, 1.54) is 0 Å². The van der Waals surface area contributed by atoms with Gasteiger partial charge in [-0.25, -0.2) is 0 Å². The van der Waals surface area contributed by atoms with E-state index >= 15 is 0 Å². The number of rotatable bonds is 2. The van der Waals surface area contributed by atoms with Crippen LogP contribution < -0.4 is 14.8 Å². The van der Waals surface area contributed by atoms with Gasteiger partial charge >= 0.3 is 0 Å². The highest BCUT2D eigenvalue weighted by Crippen LogP contribution is 2.33. The van der Waals surface area contributed by atoms with Crippen molar-refractivity contribution in [2.75, 3.05) is 13.2 Å². The van der Waals surface area contributed by atoms with Crippen molar-refractivity contribution in [3.63, 3.8) is 0 Å². The van der Waals surface area contributed by atoms with Crippen LogP contribution in [-0.4, -0.2) is 36.4 Å². The number of hydrogen-bond donors (Lipinski definition) is 2. The fraction of sp³-hybridized carbons (Fsp3) is 0.533. The average Bonchev–Trinajstić information content (AvgIpc) is 2.49. The Balaban J connectivity index is 1.71. The number of ether oxygens (including phenoxy) is 2. The Labute approximate surface area is 117 Å². The lowest BCUT2D eigenvalue weighted by atomic mass is 9.93. The number of carbonyl (C=O) groups excluding carboxylic acids is 1. The SMILES string of the molecule is O=C(NC1CCC(O)CC1)c1cccc2c1OCCO2. The van der Waals surface area contributed by atoms with E-state index in [0.29, 0.717) is 30.3 Å². The molecule has 1 aromatic rings. The molecule has 1 aliphatic carbocycles. The molecule has 2 aliphatic rings. The smallest absolute Gasteiger partial charge is 0.255 e.